The first-order chi connectivity index (χ1) is 13.2. The first-order valence-corrected chi connectivity index (χ1v) is 9.19. The highest BCUT2D eigenvalue weighted by Gasteiger charge is 2.20. The smallest absolute Gasteiger partial charge is 0.248 e. The van der Waals surface area contributed by atoms with Crippen molar-refractivity contribution >= 4 is 11.9 Å². The Morgan fingerprint density at radius 2 is 2.11 bits per heavy atom. The van der Waals surface area contributed by atoms with E-state index in [-0.39, 0.29) is 0 Å². The second kappa shape index (κ2) is 9.18. The minimum absolute atomic E-state index is 0.420. The maximum absolute atomic E-state index is 11.3. The van der Waals surface area contributed by atoms with Gasteiger partial charge in [-0.1, -0.05) is 17.3 Å². The molecule has 2 heterocycles. The van der Waals surface area contributed by atoms with Crippen molar-refractivity contribution in [1.82, 2.24) is 20.3 Å². The fourth-order valence-corrected chi connectivity index (χ4v) is 3.08. The van der Waals surface area contributed by atoms with Crippen LogP contribution < -0.4 is 11.1 Å². The molecule has 0 unspecified atom stereocenters. The number of amides is 1. The Hall–Kier alpha value is -2.87. The van der Waals surface area contributed by atoms with Crippen LogP contribution in [-0.4, -0.2) is 59.5 Å². The van der Waals surface area contributed by atoms with Crippen LogP contribution in [0.4, 0.5) is 0 Å². The lowest BCUT2D eigenvalue weighted by molar-refractivity contribution is 0.1000. The predicted octanol–water partition coefficient (Wildman–Crippen LogP) is 1.06. The van der Waals surface area contributed by atoms with Crippen molar-refractivity contribution in [2.75, 3.05) is 32.7 Å². The van der Waals surface area contributed by atoms with E-state index < -0.39 is 5.91 Å². The lowest BCUT2D eigenvalue weighted by Gasteiger charge is -2.36. The van der Waals surface area contributed by atoms with Crippen LogP contribution in [0.3, 0.4) is 0 Å². The Morgan fingerprint density at radius 1 is 1.30 bits per heavy atom. The van der Waals surface area contributed by atoms with Gasteiger partial charge in [-0.25, -0.2) is 4.99 Å². The van der Waals surface area contributed by atoms with Gasteiger partial charge in [0.05, 0.1) is 12.2 Å². The molecule has 144 valence electrons. The van der Waals surface area contributed by atoms with Crippen molar-refractivity contribution < 1.29 is 9.32 Å². The minimum atomic E-state index is -0.420. The quantitative estimate of drug-likeness (QED) is 0.583. The number of carbonyl (C=O) groups excluding carboxylic acids is 1. The second-order valence-corrected chi connectivity index (χ2v) is 6.49. The lowest BCUT2D eigenvalue weighted by Crippen LogP contribution is -2.52. The first kappa shape index (κ1) is 18.9. The van der Waals surface area contributed by atoms with E-state index in [4.69, 9.17) is 15.2 Å². The number of rotatable bonds is 6. The van der Waals surface area contributed by atoms with Gasteiger partial charge in [0.25, 0.3) is 0 Å². The molecule has 8 nitrogen and oxygen atoms in total. The number of nitrogens with zero attached hydrogens (tertiary/aromatic N) is 4. The molecular weight excluding hydrogens is 344 g/mol. The molecule has 8 heteroatoms. The molecule has 0 aliphatic carbocycles. The van der Waals surface area contributed by atoms with Crippen molar-refractivity contribution in [3.05, 3.63) is 53.4 Å². The number of hydrogen-bond acceptors (Lipinski definition) is 5. The van der Waals surface area contributed by atoms with Crippen LogP contribution in [0.5, 0.6) is 0 Å². The number of primary amides is 1. The zero-order valence-electron chi connectivity index (χ0n) is 15.6. The van der Waals surface area contributed by atoms with Gasteiger partial charge in [0.1, 0.15) is 6.26 Å². The van der Waals surface area contributed by atoms with E-state index in [0.29, 0.717) is 12.1 Å². The van der Waals surface area contributed by atoms with E-state index in [1.165, 1.54) is 0 Å². The Morgan fingerprint density at radius 3 is 2.78 bits per heavy atom. The van der Waals surface area contributed by atoms with Crippen molar-refractivity contribution in [3.63, 3.8) is 0 Å². The van der Waals surface area contributed by atoms with Gasteiger partial charge in [-0.3, -0.25) is 9.69 Å². The fourth-order valence-electron chi connectivity index (χ4n) is 3.08. The second-order valence-electron chi connectivity index (χ2n) is 6.49. The number of aromatic nitrogens is 1. The summed E-state index contributed by atoms with van der Waals surface area (Å²) in [5, 5.41) is 7.34. The highest BCUT2D eigenvalue weighted by atomic mass is 16.5. The molecule has 2 aromatic rings. The molecule has 1 aliphatic heterocycles. The van der Waals surface area contributed by atoms with Gasteiger partial charge in [-0.15, -0.1) is 0 Å². The highest BCUT2D eigenvalue weighted by molar-refractivity contribution is 5.92. The number of piperazine rings is 1. The van der Waals surface area contributed by atoms with Gasteiger partial charge in [-0.05, 0) is 24.6 Å². The Labute approximate surface area is 159 Å². The van der Waals surface area contributed by atoms with Gasteiger partial charge < -0.3 is 20.5 Å². The summed E-state index contributed by atoms with van der Waals surface area (Å²) in [4.78, 5) is 20.7. The van der Waals surface area contributed by atoms with Gasteiger partial charge in [0, 0.05) is 50.9 Å². The van der Waals surface area contributed by atoms with Gasteiger partial charge >= 0.3 is 0 Å². The Kier molecular flexibility index (Phi) is 6.43. The van der Waals surface area contributed by atoms with Crippen LogP contribution in [0.15, 0.2) is 46.1 Å². The molecule has 27 heavy (non-hydrogen) atoms. The van der Waals surface area contributed by atoms with Crippen molar-refractivity contribution in [3.8, 4) is 0 Å². The Bertz CT molecular complexity index is 766. The molecule has 3 rings (SSSR count). The van der Waals surface area contributed by atoms with Crippen LogP contribution in [0.25, 0.3) is 0 Å². The molecule has 0 saturated carbocycles. The summed E-state index contributed by atoms with van der Waals surface area (Å²) >= 11 is 0. The summed E-state index contributed by atoms with van der Waals surface area (Å²) < 4.78 is 4.90. The van der Waals surface area contributed by atoms with Crippen LogP contribution in [0, 0.1) is 0 Å². The molecule has 1 aromatic heterocycles. The van der Waals surface area contributed by atoms with Gasteiger partial charge in [0.15, 0.2) is 5.96 Å². The standard InChI is InChI=1S/C19H26N6O2/c1-2-21-19(22-13-15-4-3-5-16(12-15)18(20)26)25-9-7-24(8-10-25)14-17-6-11-27-23-17/h3-6,11-12H,2,7-10,13-14H2,1H3,(H2,20,26)(H,21,22). The molecule has 1 aromatic carbocycles. The number of guanidine groups is 1. The molecule has 1 saturated heterocycles. The third-order valence-corrected chi connectivity index (χ3v) is 4.51. The summed E-state index contributed by atoms with van der Waals surface area (Å²) in [5.74, 6) is 0.471. The zero-order valence-corrected chi connectivity index (χ0v) is 15.6. The molecule has 0 radical (unpaired) electrons. The number of benzene rings is 1. The van der Waals surface area contributed by atoms with Crippen molar-refractivity contribution in [2.24, 2.45) is 10.7 Å². The SMILES string of the molecule is CCNC(=NCc1cccc(C(N)=O)c1)N1CCN(Cc2ccon2)CC1. The number of hydrogen-bond donors (Lipinski definition) is 2. The van der Waals surface area contributed by atoms with Gasteiger partial charge in [-0.2, -0.15) is 0 Å². The Balaban J connectivity index is 1.59. The van der Waals surface area contributed by atoms with Crippen LogP contribution in [0.1, 0.15) is 28.5 Å². The maximum Gasteiger partial charge on any atom is 0.248 e. The molecular formula is C19H26N6O2. The summed E-state index contributed by atoms with van der Waals surface area (Å²) in [6.45, 7) is 7.84. The van der Waals surface area contributed by atoms with E-state index in [1.54, 1.807) is 18.4 Å². The average Bonchev–Trinajstić information content (AvgIpc) is 3.19. The van der Waals surface area contributed by atoms with E-state index in [0.717, 1.165) is 56.5 Å². The molecule has 0 spiro atoms. The van der Waals surface area contributed by atoms with Crippen LogP contribution >= 0.6 is 0 Å². The topological polar surface area (TPSA) is 100.0 Å². The van der Waals surface area contributed by atoms with E-state index in [1.807, 2.05) is 18.2 Å². The van der Waals surface area contributed by atoms with E-state index in [2.05, 4.69) is 27.2 Å². The van der Waals surface area contributed by atoms with Gasteiger partial charge in [0.2, 0.25) is 5.91 Å². The molecule has 3 N–H and O–H groups in total. The highest BCUT2D eigenvalue weighted by Crippen LogP contribution is 2.09. The molecule has 0 bridgehead atoms. The number of nitrogens with two attached hydrogens (primary N) is 1. The molecule has 1 aliphatic rings. The molecule has 1 amide bonds. The van der Waals surface area contributed by atoms with E-state index in [9.17, 15) is 4.79 Å². The maximum atomic E-state index is 11.3. The van der Waals surface area contributed by atoms with Crippen molar-refractivity contribution in [2.45, 2.75) is 20.0 Å². The predicted molar refractivity (Wildman–Crippen MR) is 103 cm³/mol. The summed E-state index contributed by atoms with van der Waals surface area (Å²) in [5.41, 5.74) is 7.78. The van der Waals surface area contributed by atoms with Crippen LogP contribution in [-0.2, 0) is 13.1 Å². The molecule has 1 fully saturated rings. The van der Waals surface area contributed by atoms with Crippen molar-refractivity contribution in [1.29, 1.82) is 0 Å². The average molecular weight is 370 g/mol. The third kappa shape index (κ3) is 5.30. The van der Waals surface area contributed by atoms with Crippen LogP contribution in [0.2, 0.25) is 0 Å². The summed E-state index contributed by atoms with van der Waals surface area (Å²) in [7, 11) is 0. The largest absolute Gasteiger partial charge is 0.366 e. The monoisotopic (exact) mass is 370 g/mol. The first-order valence-electron chi connectivity index (χ1n) is 9.19. The van der Waals surface area contributed by atoms with E-state index >= 15 is 0 Å². The molecule has 0 atom stereocenters. The zero-order chi connectivity index (χ0) is 19.1. The third-order valence-electron chi connectivity index (χ3n) is 4.51. The summed E-state index contributed by atoms with van der Waals surface area (Å²) in [6.07, 6.45) is 1.61. The minimum Gasteiger partial charge on any atom is -0.366 e. The lowest BCUT2D eigenvalue weighted by atomic mass is 10.1. The number of nitrogens with one attached hydrogen (secondary N) is 1. The number of carbonyl (C=O) groups is 1. The summed E-state index contributed by atoms with van der Waals surface area (Å²) in [6, 6.07) is 9.20. The number of aliphatic imine (C=N–C) groups is 1. The fraction of sp³-hybridized carbons (Fsp3) is 0.421. The normalized spacial score (nSPS) is 15.7.